The molecule has 1 aromatic carbocycles. The molecule has 0 unspecified atom stereocenters. The summed E-state index contributed by atoms with van der Waals surface area (Å²) >= 11 is 12.8. The number of halogens is 2. The van der Waals surface area contributed by atoms with Crippen LogP contribution < -0.4 is 15.8 Å². The Morgan fingerprint density at radius 3 is 2.59 bits per heavy atom. The molecule has 7 nitrogen and oxygen atoms in total. The molecule has 1 heterocycles. The van der Waals surface area contributed by atoms with Crippen LogP contribution in [-0.2, 0) is 9.53 Å². The predicted molar refractivity (Wildman–Crippen MR) is 113 cm³/mol. The van der Waals surface area contributed by atoms with Crippen LogP contribution in [0.15, 0.2) is 18.2 Å². The number of hydrogen-bond donors (Lipinski definition) is 2. The van der Waals surface area contributed by atoms with Crippen molar-refractivity contribution in [1.29, 1.82) is 0 Å². The van der Waals surface area contributed by atoms with Gasteiger partial charge in [-0.2, -0.15) is 0 Å². The van der Waals surface area contributed by atoms with Crippen LogP contribution in [0.2, 0.25) is 10.0 Å². The van der Waals surface area contributed by atoms with Crippen LogP contribution in [0.1, 0.15) is 45.4 Å². The minimum absolute atomic E-state index is 0.135. The molecule has 0 bridgehead atoms. The fourth-order valence-corrected chi connectivity index (χ4v) is 4.01. The molecule has 2 rings (SSSR count). The second-order valence-electron chi connectivity index (χ2n) is 5.92. The fraction of sp³-hybridized carbons (Fsp3) is 0.316. The van der Waals surface area contributed by atoms with E-state index in [2.05, 4.69) is 5.32 Å². The average Bonchev–Trinajstić information content (AvgIpc) is 2.96. The molecular formula is C19H20Cl2N2O5S. The van der Waals surface area contributed by atoms with Gasteiger partial charge in [-0.1, -0.05) is 23.2 Å². The lowest BCUT2D eigenvalue weighted by Gasteiger charge is -2.09. The summed E-state index contributed by atoms with van der Waals surface area (Å²) in [5.74, 6) is -1.16. The Bertz CT molecular complexity index is 930. The number of esters is 1. The second kappa shape index (κ2) is 10.5. The second-order valence-corrected chi connectivity index (χ2v) is 7.78. The quantitative estimate of drug-likeness (QED) is 0.426. The zero-order valence-corrected chi connectivity index (χ0v) is 18.2. The SMILES string of the molecule is CCOC(=O)c1c(NC(=O)CCCOc2ccc(Cl)cc2Cl)sc(C(N)=O)c1C. The molecule has 2 aromatic rings. The maximum Gasteiger partial charge on any atom is 0.341 e. The molecule has 29 heavy (non-hydrogen) atoms. The minimum Gasteiger partial charge on any atom is -0.492 e. The van der Waals surface area contributed by atoms with Gasteiger partial charge in [0.1, 0.15) is 10.8 Å². The van der Waals surface area contributed by atoms with Crippen LogP contribution in [0.4, 0.5) is 5.00 Å². The van der Waals surface area contributed by atoms with Crippen LogP contribution in [0.25, 0.3) is 0 Å². The molecule has 0 fully saturated rings. The molecule has 0 aliphatic heterocycles. The third-order valence-corrected chi connectivity index (χ3v) is 5.56. The van der Waals surface area contributed by atoms with Crippen LogP contribution in [0.5, 0.6) is 5.75 Å². The molecule has 0 saturated heterocycles. The smallest absolute Gasteiger partial charge is 0.341 e. The zero-order valence-electron chi connectivity index (χ0n) is 15.8. The van der Waals surface area contributed by atoms with E-state index in [0.29, 0.717) is 27.8 Å². The zero-order chi connectivity index (χ0) is 21.6. The molecule has 0 atom stereocenters. The number of nitrogens with one attached hydrogen (secondary N) is 1. The number of benzene rings is 1. The van der Waals surface area contributed by atoms with Crippen molar-refractivity contribution < 1.29 is 23.9 Å². The largest absolute Gasteiger partial charge is 0.492 e. The highest BCUT2D eigenvalue weighted by Crippen LogP contribution is 2.33. The van der Waals surface area contributed by atoms with Crippen molar-refractivity contribution in [3.63, 3.8) is 0 Å². The third kappa shape index (κ3) is 6.09. The van der Waals surface area contributed by atoms with Crippen molar-refractivity contribution in [1.82, 2.24) is 0 Å². The summed E-state index contributed by atoms with van der Waals surface area (Å²) in [6, 6.07) is 4.87. The van der Waals surface area contributed by atoms with E-state index in [1.807, 2.05) is 0 Å². The fourth-order valence-electron chi connectivity index (χ4n) is 2.48. The number of carbonyl (C=O) groups excluding carboxylic acids is 3. The number of ether oxygens (including phenoxy) is 2. The van der Waals surface area contributed by atoms with E-state index in [-0.39, 0.29) is 41.0 Å². The Morgan fingerprint density at radius 2 is 1.97 bits per heavy atom. The Balaban J connectivity index is 1.98. The first-order valence-electron chi connectivity index (χ1n) is 8.72. The van der Waals surface area contributed by atoms with E-state index in [1.54, 1.807) is 32.0 Å². The molecule has 1 aromatic heterocycles. The van der Waals surface area contributed by atoms with Crippen molar-refractivity contribution in [2.24, 2.45) is 5.73 Å². The van der Waals surface area contributed by atoms with E-state index < -0.39 is 11.9 Å². The number of carbonyl (C=O) groups is 3. The van der Waals surface area contributed by atoms with Gasteiger partial charge in [-0.15, -0.1) is 11.3 Å². The van der Waals surface area contributed by atoms with E-state index in [1.165, 1.54) is 0 Å². The van der Waals surface area contributed by atoms with Gasteiger partial charge in [-0.3, -0.25) is 9.59 Å². The van der Waals surface area contributed by atoms with E-state index >= 15 is 0 Å². The van der Waals surface area contributed by atoms with Gasteiger partial charge < -0.3 is 20.5 Å². The summed E-state index contributed by atoms with van der Waals surface area (Å²) in [7, 11) is 0. The van der Waals surface area contributed by atoms with Crippen molar-refractivity contribution in [3.05, 3.63) is 44.2 Å². The number of amides is 2. The van der Waals surface area contributed by atoms with Crippen molar-refractivity contribution >= 4 is 57.3 Å². The molecule has 0 aliphatic rings. The molecule has 0 radical (unpaired) electrons. The Morgan fingerprint density at radius 1 is 1.24 bits per heavy atom. The lowest BCUT2D eigenvalue weighted by molar-refractivity contribution is -0.116. The van der Waals surface area contributed by atoms with E-state index in [4.69, 9.17) is 38.4 Å². The first-order valence-corrected chi connectivity index (χ1v) is 10.3. The molecule has 0 aliphatic carbocycles. The summed E-state index contributed by atoms with van der Waals surface area (Å²) in [4.78, 5) is 36.3. The molecule has 0 saturated carbocycles. The standard InChI is InChI=1S/C19H20Cl2N2O5S/c1-3-27-19(26)15-10(2)16(17(22)25)29-18(15)23-14(24)5-4-8-28-13-7-6-11(20)9-12(13)21/h6-7,9H,3-5,8H2,1-2H3,(H2,22,25)(H,23,24). The van der Waals surface area contributed by atoms with Crippen molar-refractivity contribution in [3.8, 4) is 5.75 Å². The first-order chi connectivity index (χ1) is 13.7. The van der Waals surface area contributed by atoms with Gasteiger partial charge >= 0.3 is 5.97 Å². The van der Waals surface area contributed by atoms with Gasteiger partial charge in [0, 0.05) is 11.4 Å². The van der Waals surface area contributed by atoms with Crippen LogP contribution >= 0.6 is 34.5 Å². The lowest BCUT2D eigenvalue weighted by atomic mass is 10.1. The predicted octanol–water partition coefficient (Wildman–Crippen LogP) is 4.44. The molecule has 3 N–H and O–H groups in total. The Hall–Kier alpha value is -2.29. The van der Waals surface area contributed by atoms with Crippen LogP contribution in [-0.4, -0.2) is 31.0 Å². The van der Waals surface area contributed by atoms with Gasteiger partial charge in [0.25, 0.3) is 5.91 Å². The van der Waals surface area contributed by atoms with Gasteiger partial charge in [0.2, 0.25) is 5.91 Å². The molecule has 0 spiro atoms. The van der Waals surface area contributed by atoms with Gasteiger partial charge in [-0.05, 0) is 44.0 Å². The van der Waals surface area contributed by atoms with E-state index in [0.717, 1.165) is 11.3 Å². The molecule has 2 amide bonds. The van der Waals surface area contributed by atoms with Gasteiger partial charge in [0.05, 0.1) is 28.7 Å². The summed E-state index contributed by atoms with van der Waals surface area (Å²) in [6.07, 6.45) is 0.545. The highest BCUT2D eigenvalue weighted by molar-refractivity contribution is 7.18. The Kier molecular flexibility index (Phi) is 8.31. The van der Waals surface area contributed by atoms with Crippen LogP contribution in [0, 0.1) is 6.92 Å². The number of rotatable bonds is 9. The molecule has 10 heteroatoms. The van der Waals surface area contributed by atoms with Crippen molar-refractivity contribution in [2.45, 2.75) is 26.7 Å². The highest BCUT2D eigenvalue weighted by atomic mass is 35.5. The van der Waals surface area contributed by atoms with Gasteiger partial charge in [0.15, 0.2) is 0 Å². The average molecular weight is 459 g/mol. The number of nitrogens with two attached hydrogens (primary N) is 1. The monoisotopic (exact) mass is 458 g/mol. The van der Waals surface area contributed by atoms with Gasteiger partial charge in [-0.25, -0.2) is 4.79 Å². The molecular weight excluding hydrogens is 439 g/mol. The number of hydrogen-bond acceptors (Lipinski definition) is 6. The van der Waals surface area contributed by atoms with Crippen molar-refractivity contribution in [2.75, 3.05) is 18.5 Å². The summed E-state index contributed by atoms with van der Waals surface area (Å²) in [5, 5.41) is 3.78. The summed E-state index contributed by atoms with van der Waals surface area (Å²) in [6.45, 7) is 3.68. The maximum absolute atomic E-state index is 12.3. The third-order valence-electron chi connectivity index (χ3n) is 3.80. The summed E-state index contributed by atoms with van der Waals surface area (Å²) in [5.41, 5.74) is 5.88. The number of primary amides is 1. The summed E-state index contributed by atoms with van der Waals surface area (Å²) < 4.78 is 10.6. The normalized spacial score (nSPS) is 10.5. The first kappa shape index (κ1) is 23.0. The van der Waals surface area contributed by atoms with E-state index in [9.17, 15) is 14.4 Å². The minimum atomic E-state index is -0.674. The van der Waals surface area contributed by atoms with Crippen LogP contribution in [0.3, 0.4) is 0 Å². The Labute approximate surface area is 182 Å². The maximum atomic E-state index is 12.3. The highest BCUT2D eigenvalue weighted by Gasteiger charge is 2.25. The topological polar surface area (TPSA) is 108 Å². The lowest BCUT2D eigenvalue weighted by Crippen LogP contribution is -2.15. The number of thiophene rings is 1. The number of anilines is 1. The molecule has 156 valence electrons.